The van der Waals surface area contributed by atoms with Crippen LogP contribution in [0.3, 0.4) is 0 Å². The van der Waals surface area contributed by atoms with Gasteiger partial charge < -0.3 is 15.4 Å². The molecule has 0 radical (unpaired) electrons. The first kappa shape index (κ1) is 13.1. The standard InChI is InChI=1S/C15H11FN2O3/c16-9-4-3-5-10(8-9)17-14(19)13-15(20)18-11-6-1-2-7-12(11)21-13/h1-8,13H,(H,17,19)(H,18,20)/t13-/m1/s1. The van der Waals surface area contributed by atoms with Crippen LogP contribution in [0.5, 0.6) is 5.75 Å². The summed E-state index contributed by atoms with van der Waals surface area (Å²) >= 11 is 0. The highest BCUT2D eigenvalue weighted by Gasteiger charge is 2.33. The van der Waals surface area contributed by atoms with Crippen LogP contribution < -0.4 is 15.4 Å². The number of hydrogen-bond donors (Lipinski definition) is 2. The Kier molecular flexibility index (Phi) is 3.27. The van der Waals surface area contributed by atoms with Gasteiger partial charge in [-0.05, 0) is 30.3 Å². The quantitative estimate of drug-likeness (QED) is 0.831. The predicted molar refractivity (Wildman–Crippen MR) is 74.5 cm³/mol. The van der Waals surface area contributed by atoms with Crippen LogP contribution in [0.4, 0.5) is 15.8 Å². The molecule has 5 nitrogen and oxygen atoms in total. The van der Waals surface area contributed by atoms with Crippen LogP contribution in [-0.2, 0) is 9.59 Å². The Morgan fingerprint density at radius 3 is 2.81 bits per heavy atom. The maximum Gasteiger partial charge on any atom is 0.275 e. The summed E-state index contributed by atoms with van der Waals surface area (Å²) in [6.07, 6.45) is -1.32. The molecule has 3 rings (SSSR count). The van der Waals surface area contributed by atoms with E-state index in [-0.39, 0.29) is 5.69 Å². The van der Waals surface area contributed by atoms with Gasteiger partial charge in [-0.3, -0.25) is 9.59 Å². The predicted octanol–water partition coefficient (Wildman–Crippen LogP) is 2.16. The molecule has 0 aromatic heterocycles. The molecule has 2 amide bonds. The van der Waals surface area contributed by atoms with Crippen molar-refractivity contribution in [3.05, 3.63) is 54.3 Å². The Balaban J connectivity index is 1.78. The van der Waals surface area contributed by atoms with Gasteiger partial charge in [0.1, 0.15) is 11.6 Å². The van der Waals surface area contributed by atoms with E-state index in [1.807, 2.05) is 0 Å². The second-order valence-corrected chi connectivity index (χ2v) is 4.48. The van der Waals surface area contributed by atoms with Gasteiger partial charge in [-0.2, -0.15) is 0 Å². The highest BCUT2D eigenvalue weighted by molar-refractivity contribution is 6.15. The van der Waals surface area contributed by atoms with Crippen molar-refractivity contribution in [2.75, 3.05) is 10.6 Å². The summed E-state index contributed by atoms with van der Waals surface area (Å²) < 4.78 is 18.5. The molecule has 1 atom stereocenters. The molecule has 1 aliphatic heterocycles. The number of ether oxygens (including phenoxy) is 1. The van der Waals surface area contributed by atoms with Crippen LogP contribution in [-0.4, -0.2) is 17.9 Å². The van der Waals surface area contributed by atoms with E-state index in [4.69, 9.17) is 4.74 Å². The number of halogens is 1. The van der Waals surface area contributed by atoms with Gasteiger partial charge in [0.25, 0.3) is 17.9 Å². The van der Waals surface area contributed by atoms with E-state index in [1.54, 1.807) is 24.3 Å². The summed E-state index contributed by atoms with van der Waals surface area (Å²) in [6.45, 7) is 0. The minimum Gasteiger partial charge on any atom is -0.468 e. The second kappa shape index (κ2) is 5.24. The lowest BCUT2D eigenvalue weighted by molar-refractivity contribution is -0.133. The number of para-hydroxylation sites is 2. The number of nitrogens with one attached hydrogen (secondary N) is 2. The van der Waals surface area contributed by atoms with Gasteiger partial charge in [0.2, 0.25) is 0 Å². The van der Waals surface area contributed by atoms with Crippen molar-refractivity contribution >= 4 is 23.2 Å². The van der Waals surface area contributed by atoms with Crippen LogP contribution in [0.15, 0.2) is 48.5 Å². The van der Waals surface area contributed by atoms with Crippen molar-refractivity contribution < 1.29 is 18.7 Å². The summed E-state index contributed by atoms with van der Waals surface area (Å²) in [5.41, 5.74) is 0.771. The summed E-state index contributed by atoms with van der Waals surface area (Å²) in [5.74, 6) is -1.29. The molecular formula is C15H11FN2O3. The average Bonchev–Trinajstić information content (AvgIpc) is 2.46. The van der Waals surface area contributed by atoms with Crippen LogP contribution in [0.25, 0.3) is 0 Å². The smallest absolute Gasteiger partial charge is 0.275 e. The Bertz CT molecular complexity index is 718. The number of carbonyl (C=O) groups is 2. The van der Waals surface area contributed by atoms with Crippen LogP contribution >= 0.6 is 0 Å². The number of amides is 2. The first-order valence-electron chi connectivity index (χ1n) is 6.26. The number of fused-ring (bicyclic) bond motifs is 1. The van der Waals surface area contributed by atoms with E-state index in [0.29, 0.717) is 11.4 Å². The van der Waals surface area contributed by atoms with E-state index in [2.05, 4.69) is 10.6 Å². The zero-order valence-electron chi connectivity index (χ0n) is 10.8. The molecule has 0 aliphatic carbocycles. The van der Waals surface area contributed by atoms with Crippen molar-refractivity contribution in [1.82, 2.24) is 0 Å². The molecule has 21 heavy (non-hydrogen) atoms. The van der Waals surface area contributed by atoms with Crippen LogP contribution in [0.1, 0.15) is 0 Å². The van der Waals surface area contributed by atoms with E-state index in [1.165, 1.54) is 18.2 Å². The summed E-state index contributed by atoms with van der Waals surface area (Å²) in [7, 11) is 0. The van der Waals surface area contributed by atoms with Gasteiger partial charge in [0.15, 0.2) is 0 Å². The van der Waals surface area contributed by atoms with Crippen molar-refractivity contribution in [1.29, 1.82) is 0 Å². The van der Waals surface area contributed by atoms with Crippen molar-refractivity contribution in [2.24, 2.45) is 0 Å². The largest absolute Gasteiger partial charge is 0.468 e. The van der Waals surface area contributed by atoms with E-state index in [0.717, 1.165) is 6.07 Å². The number of hydrogen-bond acceptors (Lipinski definition) is 3. The SMILES string of the molecule is O=C(Nc1cccc(F)c1)[C@H]1Oc2ccccc2NC1=O. The van der Waals surface area contributed by atoms with Crippen molar-refractivity contribution in [3.8, 4) is 5.75 Å². The van der Waals surface area contributed by atoms with E-state index >= 15 is 0 Å². The van der Waals surface area contributed by atoms with Gasteiger partial charge in [0.05, 0.1) is 5.69 Å². The Morgan fingerprint density at radius 1 is 1.19 bits per heavy atom. The number of carbonyl (C=O) groups excluding carboxylic acids is 2. The lowest BCUT2D eigenvalue weighted by Crippen LogP contribution is -2.45. The highest BCUT2D eigenvalue weighted by Crippen LogP contribution is 2.29. The minimum absolute atomic E-state index is 0.259. The molecular weight excluding hydrogens is 275 g/mol. The molecule has 1 heterocycles. The molecule has 0 saturated heterocycles. The Hall–Kier alpha value is -2.89. The van der Waals surface area contributed by atoms with Crippen LogP contribution in [0, 0.1) is 5.82 Å². The summed E-state index contributed by atoms with van der Waals surface area (Å²) in [5, 5.41) is 5.04. The zero-order chi connectivity index (χ0) is 14.8. The summed E-state index contributed by atoms with van der Waals surface area (Å²) in [4.78, 5) is 24.0. The lowest BCUT2D eigenvalue weighted by Gasteiger charge is -2.24. The maximum atomic E-state index is 13.1. The molecule has 6 heteroatoms. The third-order valence-corrected chi connectivity index (χ3v) is 2.96. The van der Waals surface area contributed by atoms with E-state index < -0.39 is 23.7 Å². The van der Waals surface area contributed by atoms with Gasteiger partial charge in [-0.25, -0.2) is 4.39 Å². The topological polar surface area (TPSA) is 67.4 Å². The molecule has 106 valence electrons. The number of benzene rings is 2. The first-order valence-corrected chi connectivity index (χ1v) is 6.26. The Labute approximate surface area is 119 Å². The van der Waals surface area contributed by atoms with Crippen molar-refractivity contribution in [3.63, 3.8) is 0 Å². The summed E-state index contributed by atoms with van der Waals surface area (Å²) in [6, 6.07) is 12.2. The van der Waals surface area contributed by atoms with E-state index in [9.17, 15) is 14.0 Å². The first-order chi connectivity index (χ1) is 10.1. The van der Waals surface area contributed by atoms with Gasteiger partial charge in [0, 0.05) is 5.69 Å². The molecule has 2 aromatic rings. The zero-order valence-corrected chi connectivity index (χ0v) is 10.8. The fourth-order valence-corrected chi connectivity index (χ4v) is 2.00. The third-order valence-electron chi connectivity index (χ3n) is 2.96. The fourth-order valence-electron chi connectivity index (χ4n) is 2.00. The third kappa shape index (κ3) is 2.69. The molecule has 0 spiro atoms. The van der Waals surface area contributed by atoms with Crippen LogP contribution in [0.2, 0.25) is 0 Å². The second-order valence-electron chi connectivity index (χ2n) is 4.48. The fraction of sp³-hybridized carbons (Fsp3) is 0.0667. The number of rotatable bonds is 2. The van der Waals surface area contributed by atoms with Gasteiger partial charge in [-0.15, -0.1) is 0 Å². The number of anilines is 2. The normalized spacial score (nSPS) is 16.4. The molecule has 2 aromatic carbocycles. The van der Waals surface area contributed by atoms with Crippen molar-refractivity contribution in [2.45, 2.75) is 6.10 Å². The minimum atomic E-state index is -1.32. The maximum absolute atomic E-state index is 13.1. The molecule has 0 unspecified atom stereocenters. The molecule has 0 saturated carbocycles. The van der Waals surface area contributed by atoms with Gasteiger partial charge in [-0.1, -0.05) is 18.2 Å². The molecule has 0 bridgehead atoms. The molecule has 2 N–H and O–H groups in total. The van der Waals surface area contributed by atoms with Gasteiger partial charge >= 0.3 is 0 Å². The Morgan fingerprint density at radius 2 is 2.00 bits per heavy atom. The average molecular weight is 286 g/mol. The molecule has 1 aliphatic rings. The molecule has 0 fully saturated rings. The highest BCUT2D eigenvalue weighted by atomic mass is 19.1. The monoisotopic (exact) mass is 286 g/mol. The lowest BCUT2D eigenvalue weighted by atomic mass is 10.2.